The number of aromatic nitrogens is 2. The number of rotatable bonds is 4. The number of hydroxylamine groups is 2. The standard InChI is InChI=1S/C14H7F4N3O4/c15-10(16)9-8(5-20(19-9)14(17)18)13(24)25-21-11(22)6-3-1-2-4-7(6)12(21)23/h1-5,10,14H. The molecule has 2 aromatic rings. The van der Waals surface area contributed by atoms with Gasteiger partial charge >= 0.3 is 12.5 Å². The molecule has 11 heteroatoms. The van der Waals surface area contributed by atoms with Crippen LogP contribution in [0.5, 0.6) is 0 Å². The summed E-state index contributed by atoms with van der Waals surface area (Å²) in [6.07, 6.45) is -2.99. The largest absolute Gasteiger partial charge is 0.367 e. The van der Waals surface area contributed by atoms with Crippen LogP contribution in [0, 0.1) is 0 Å². The fraction of sp³-hybridized carbons (Fsp3) is 0.143. The van der Waals surface area contributed by atoms with Gasteiger partial charge in [-0.2, -0.15) is 13.9 Å². The number of alkyl halides is 4. The summed E-state index contributed by atoms with van der Waals surface area (Å²) >= 11 is 0. The van der Waals surface area contributed by atoms with Gasteiger partial charge in [0.05, 0.1) is 11.1 Å². The number of hydrogen-bond donors (Lipinski definition) is 0. The van der Waals surface area contributed by atoms with Crippen LogP contribution in [-0.4, -0.2) is 32.6 Å². The van der Waals surface area contributed by atoms with Crippen LogP contribution < -0.4 is 0 Å². The summed E-state index contributed by atoms with van der Waals surface area (Å²) in [5.74, 6) is -3.54. The maximum Gasteiger partial charge on any atom is 0.367 e. The molecule has 0 unspecified atom stereocenters. The highest BCUT2D eigenvalue weighted by Gasteiger charge is 2.39. The van der Waals surface area contributed by atoms with Crippen molar-refractivity contribution in [2.75, 3.05) is 0 Å². The summed E-state index contributed by atoms with van der Waals surface area (Å²) in [5.41, 5.74) is -2.32. The minimum absolute atomic E-state index is 0.0438. The second-order valence-electron chi connectivity index (χ2n) is 4.82. The van der Waals surface area contributed by atoms with Crippen LogP contribution >= 0.6 is 0 Å². The van der Waals surface area contributed by atoms with Gasteiger partial charge in [-0.1, -0.05) is 17.2 Å². The number of nitrogens with zero attached hydrogens (tertiary/aromatic N) is 3. The second kappa shape index (κ2) is 6.00. The molecule has 0 fully saturated rings. The number of halogens is 4. The van der Waals surface area contributed by atoms with Gasteiger partial charge in [-0.05, 0) is 12.1 Å². The van der Waals surface area contributed by atoms with Crippen molar-refractivity contribution in [3.05, 3.63) is 52.8 Å². The van der Waals surface area contributed by atoms with E-state index in [1.54, 1.807) is 0 Å². The van der Waals surface area contributed by atoms with Crippen molar-refractivity contribution in [3.63, 3.8) is 0 Å². The van der Waals surface area contributed by atoms with Gasteiger partial charge in [0.1, 0.15) is 11.3 Å². The van der Waals surface area contributed by atoms with E-state index in [-0.39, 0.29) is 20.9 Å². The van der Waals surface area contributed by atoms with Gasteiger partial charge in [-0.3, -0.25) is 9.59 Å². The average Bonchev–Trinajstić information content (AvgIpc) is 3.12. The Morgan fingerprint density at radius 1 is 1.04 bits per heavy atom. The van der Waals surface area contributed by atoms with Gasteiger partial charge in [-0.15, -0.1) is 0 Å². The molecule has 3 rings (SSSR count). The molecule has 1 aliphatic rings. The van der Waals surface area contributed by atoms with Crippen molar-refractivity contribution in [2.24, 2.45) is 0 Å². The van der Waals surface area contributed by atoms with E-state index in [4.69, 9.17) is 0 Å². The van der Waals surface area contributed by atoms with Crippen molar-refractivity contribution in [1.29, 1.82) is 0 Å². The monoisotopic (exact) mass is 357 g/mol. The number of amides is 2. The zero-order valence-corrected chi connectivity index (χ0v) is 12.0. The van der Waals surface area contributed by atoms with Gasteiger partial charge in [-0.25, -0.2) is 18.3 Å². The Kier molecular flexibility index (Phi) is 3.99. The third-order valence-electron chi connectivity index (χ3n) is 3.32. The quantitative estimate of drug-likeness (QED) is 0.621. The predicted octanol–water partition coefficient (Wildman–Crippen LogP) is 2.58. The smallest absolute Gasteiger partial charge is 0.324 e. The molecule has 0 aliphatic carbocycles. The zero-order valence-electron chi connectivity index (χ0n) is 12.0. The molecule has 2 heterocycles. The Balaban J connectivity index is 1.89. The molecule has 25 heavy (non-hydrogen) atoms. The van der Waals surface area contributed by atoms with Gasteiger partial charge in [0.2, 0.25) is 0 Å². The molecule has 1 aromatic carbocycles. The maximum absolute atomic E-state index is 12.9. The maximum atomic E-state index is 12.9. The minimum Gasteiger partial charge on any atom is -0.324 e. The van der Waals surface area contributed by atoms with Gasteiger partial charge in [0.25, 0.3) is 18.2 Å². The molecule has 2 amide bonds. The highest BCUT2D eigenvalue weighted by atomic mass is 19.3. The summed E-state index contributed by atoms with van der Waals surface area (Å²) < 4.78 is 50.7. The highest BCUT2D eigenvalue weighted by molar-refractivity contribution is 6.21. The van der Waals surface area contributed by atoms with Crippen molar-refractivity contribution in [1.82, 2.24) is 14.8 Å². The van der Waals surface area contributed by atoms with Crippen LogP contribution in [0.15, 0.2) is 30.5 Å². The third kappa shape index (κ3) is 2.73. The Bertz CT molecular complexity index is 846. The predicted molar refractivity (Wildman–Crippen MR) is 70.8 cm³/mol. The van der Waals surface area contributed by atoms with Crippen LogP contribution in [0.25, 0.3) is 0 Å². The van der Waals surface area contributed by atoms with Crippen LogP contribution in [0.3, 0.4) is 0 Å². The SMILES string of the molecule is O=C(ON1C(=O)c2ccccc2C1=O)c1cn(C(F)F)nc1C(F)F. The van der Waals surface area contributed by atoms with E-state index in [1.807, 2.05) is 0 Å². The topological polar surface area (TPSA) is 81.5 Å². The molecule has 1 aliphatic heterocycles. The molecule has 0 atom stereocenters. The summed E-state index contributed by atoms with van der Waals surface area (Å²) in [7, 11) is 0. The molecule has 0 saturated carbocycles. The lowest BCUT2D eigenvalue weighted by Gasteiger charge is -2.12. The van der Waals surface area contributed by atoms with Gasteiger partial charge in [0.15, 0.2) is 0 Å². The summed E-state index contributed by atoms with van der Waals surface area (Å²) in [5, 5.41) is 3.00. The van der Waals surface area contributed by atoms with Crippen LogP contribution in [0.4, 0.5) is 17.6 Å². The molecule has 0 spiro atoms. The first-order valence-corrected chi connectivity index (χ1v) is 6.66. The normalized spacial score (nSPS) is 13.8. The van der Waals surface area contributed by atoms with Gasteiger partial charge < -0.3 is 4.84 Å². The summed E-state index contributed by atoms with van der Waals surface area (Å²) in [6, 6.07) is 5.56. The fourth-order valence-corrected chi connectivity index (χ4v) is 2.21. The Morgan fingerprint density at radius 3 is 2.08 bits per heavy atom. The molecular formula is C14H7F4N3O4. The molecule has 1 aromatic heterocycles. The van der Waals surface area contributed by atoms with Crippen molar-refractivity contribution in [2.45, 2.75) is 13.0 Å². The first-order valence-electron chi connectivity index (χ1n) is 6.66. The second-order valence-corrected chi connectivity index (χ2v) is 4.82. The number of imide groups is 1. The van der Waals surface area contributed by atoms with E-state index >= 15 is 0 Å². The van der Waals surface area contributed by atoms with Crippen LogP contribution in [0.1, 0.15) is 49.7 Å². The number of benzene rings is 1. The minimum atomic E-state index is -3.34. The molecule has 130 valence electrons. The van der Waals surface area contributed by atoms with Crippen LogP contribution in [0.2, 0.25) is 0 Å². The number of carbonyl (C=O) groups excluding carboxylic acids is 3. The van der Waals surface area contributed by atoms with E-state index < -0.39 is 42.0 Å². The van der Waals surface area contributed by atoms with Gasteiger partial charge in [0, 0.05) is 6.20 Å². The lowest BCUT2D eigenvalue weighted by atomic mass is 10.1. The lowest BCUT2D eigenvalue weighted by Crippen LogP contribution is -2.32. The van der Waals surface area contributed by atoms with Crippen molar-refractivity contribution < 1.29 is 36.8 Å². The molecule has 0 saturated heterocycles. The van der Waals surface area contributed by atoms with E-state index in [0.29, 0.717) is 6.20 Å². The zero-order chi connectivity index (χ0) is 18.3. The van der Waals surface area contributed by atoms with Crippen LogP contribution in [-0.2, 0) is 4.84 Å². The number of carbonyl (C=O) groups is 3. The molecule has 7 nitrogen and oxygen atoms in total. The molecular weight excluding hydrogens is 350 g/mol. The van der Waals surface area contributed by atoms with E-state index in [9.17, 15) is 31.9 Å². The van der Waals surface area contributed by atoms with Crippen molar-refractivity contribution in [3.8, 4) is 0 Å². The molecule has 0 radical (unpaired) electrons. The van der Waals surface area contributed by atoms with E-state index in [0.717, 1.165) is 0 Å². The third-order valence-corrected chi connectivity index (χ3v) is 3.32. The van der Waals surface area contributed by atoms with E-state index in [2.05, 4.69) is 9.94 Å². The lowest BCUT2D eigenvalue weighted by molar-refractivity contribution is -0.0587. The Labute approximate surface area is 136 Å². The van der Waals surface area contributed by atoms with Crippen molar-refractivity contribution >= 4 is 17.8 Å². The number of fused-ring (bicyclic) bond motifs is 1. The summed E-state index contributed by atoms with van der Waals surface area (Å²) in [6.45, 7) is -3.27. The number of hydrogen-bond acceptors (Lipinski definition) is 5. The molecule has 0 N–H and O–H groups in total. The molecule has 0 bridgehead atoms. The highest BCUT2D eigenvalue weighted by Crippen LogP contribution is 2.27. The first kappa shape index (κ1) is 16.6. The first-order chi connectivity index (χ1) is 11.8. The van der Waals surface area contributed by atoms with E-state index in [1.165, 1.54) is 24.3 Å². The fourth-order valence-electron chi connectivity index (χ4n) is 2.21. The Hall–Kier alpha value is -3.24. The summed E-state index contributed by atoms with van der Waals surface area (Å²) in [4.78, 5) is 40.6. The average molecular weight is 357 g/mol. The Morgan fingerprint density at radius 2 is 1.60 bits per heavy atom.